The maximum atomic E-state index is 13.6. The Morgan fingerprint density at radius 3 is 2.69 bits per heavy atom. The Morgan fingerprint density at radius 2 is 2.03 bits per heavy atom. The van der Waals surface area contributed by atoms with E-state index in [4.69, 9.17) is 4.74 Å². The lowest BCUT2D eigenvalue weighted by molar-refractivity contribution is 0.0730. The molecule has 1 aromatic heterocycles. The molecule has 0 saturated heterocycles. The second-order valence-corrected chi connectivity index (χ2v) is 11.7. The maximum Gasteiger partial charge on any atom is 0.247 e. The number of nitrogens with zero attached hydrogens (tertiary/aromatic N) is 3. The van der Waals surface area contributed by atoms with Crippen LogP contribution < -0.4 is 4.74 Å². The fourth-order valence-electron chi connectivity index (χ4n) is 4.02. The van der Waals surface area contributed by atoms with Crippen LogP contribution in [0.4, 0.5) is 0 Å². The van der Waals surface area contributed by atoms with Crippen LogP contribution in [0.5, 0.6) is 5.75 Å². The van der Waals surface area contributed by atoms with Gasteiger partial charge in [0.1, 0.15) is 16.7 Å². The van der Waals surface area contributed by atoms with E-state index in [0.29, 0.717) is 24.8 Å². The zero-order chi connectivity index (χ0) is 25.6. The molecule has 35 heavy (non-hydrogen) atoms. The summed E-state index contributed by atoms with van der Waals surface area (Å²) >= 11 is 0. The summed E-state index contributed by atoms with van der Waals surface area (Å²) in [7, 11) is -1.86. The lowest BCUT2D eigenvalue weighted by Crippen LogP contribution is -2.49. The Kier molecular flexibility index (Phi) is 9.31. The molecular formula is C27H37N3O4S. The first kappa shape index (κ1) is 27.2. The lowest BCUT2D eigenvalue weighted by Gasteiger charge is -2.37. The quantitative estimate of drug-likeness (QED) is 0.588. The molecule has 0 aliphatic carbocycles. The van der Waals surface area contributed by atoms with Crippen molar-refractivity contribution in [2.75, 3.05) is 26.7 Å². The third-order valence-corrected chi connectivity index (χ3v) is 8.08. The van der Waals surface area contributed by atoms with Crippen LogP contribution in [0.15, 0.2) is 47.5 Å². The predicted molar refractivity (Wildman–Crippen MR) is 137 cm³/mol. The van der Waals surface area contributed by atoms with Crippen molar-refractivity contribution in [3.8, 4) is 17.6 Å². The van der Waals surface area contributed by atoms with Crippen molar-refractivity contribution in [1.82, 2.24) is 14.2 Å². The number of aliphatic hydroxyl groups excluding tert-OH is 1. The van der Waals surface area contributed by atoms with Crippen LogP contribution >= 0.6 is 0 Å². The smallest absolute Gasteiger partial charge is 0.247 e. The van der Waals surface area contributed by atoms with E-state index in [1.807, 2.05) is 32.2 Å². The van der Waals surface area contributed by atoms with Crippen LogP contribution in [-0.4, -0.2) is 66.6 Å². The highest BCUT2D eigenvalue weighted by Gasteiger charge is 2.38. The van der Waals surface area contributed by atoms with E-state index in [1.165, 1.54) is 4.31 Å². The standard InChI is InChI=1S/C27H37N3O4S/c1-20(2)9-8-10-23-12-13-27-25(15-23)34-26(18-29(5)17-24-11-6-7-14-28-24)21(3)16-30(22(4)19-31)35(27,32)33/h6-7,11-15,20-22,26,31H,9,16-19H2,1-5H3/t21-,22-,26+/m1/s1. The van der Waals surface area contributed by atoms with Gasteiger partial charge >= 0.3 is 0 Å². The molecule has 1 N–H and O–H groups in total. The normalized spacial score (nSPS) is 20.8. The fraction of sp³-hybridized carbons (Fsp3) is 0.519. The Bertz CT molecular complexity index is 1140. The molecule has 0 bridgehead atoms. The average Bonchev–Trinajstić information content (AvgIpc) is 2.81. The minimum Gasteiger partial charge on any atom is -0.487 e. The van der Waals surface area contributed by atoms with Gasteiger partial charge in [0.05, 0.1) is 12.3 Å². The largest absolute Gasteiger partial charge is 0.487 e. The van der Waals surface area contributed by atoms with Gasteiger partial charge in [0.25, 0.3) is 0 Å². The molecule has 8 heteroatoms. The first-order valence-corrected chi connectivity index (χ1v) is 13.6. The van der Waals surface area contributed by atoms with E-state index in [0.717, 1.165) is 17.7 Å². The van der Waals surface area contributed by atoms with Crippen LogP contribution in [0.3, 0.4) is 0 Å². The first-order chi connectivity index (χ1) is 16.6. The molecule has 0 unspecified atom stereocenters. The van der Waals surface area contributed by atoms with Gasteiger partial charge in [-0.3, -0.25) is 9.88 Å². The number of likely N-dealkylation sites (N-methyl/N-ethyl adjacent to an activating group) is 1. The highest BCUT2D eigenvalue weighted by atomic mass is 32.2. The minimum atomic E-state index is -3.86. The number of aromatic nitrogens is 1. The molecule has 7 nitrogen and oxygen atoms in total. The molecule has 2 aromatic rings. The molecule has 190 valence electrons. The number of ether oxygens (including phenoxy) is 1. The van der Waals surface area contributed by atoms with Gasteiger partial charge in [-0.1, -0.05) is 38.7 Å². The number of sulfonamides is 1. The predicted octanol–water partition coefficient (Wildman–Crippen LogP) is 3.38. The third kappa shape index (κ3) is 7.05. The Balaban J connectivity index is 1.97. The maximum absolute atomic E-state index is 13.6. The van der Waals surface area contributed by atoms with Crippen LogP contribution in [0.2, 0.25) is 0 Å². The summed E-state index contributed by atoms with van der Waals surface area (Å²) in [5.74, 6) is 6.94. The zero-order valence-corrected chi connectivity index (χ0v) is 22.1. The number of hydrogen-bond acceptors (Lipinski definition) is 6. The van der Waals surface area contributed by atoms with Crippen LogP contribution in [0.1, 0.15) is 45.4 Å². The van der Waals surface area contributed by atoms with Crippen LogP contribution in [0, 0.1) is 23.7 Å². The summed E-state index contributed by atoms with van der Waals surface area (Å²) in [5, 5.41) is 9.81. The molecule has 0 fully saturated rings. The number of fused-ring (bicyclic) bond motifs is 1. The van der Waals surface area contributed by atoms with Gasteiger partial charge in [-0.25, -0.2) is 8.42 Å². The molecule has 3 atom stereocenters. The van der Waals surface area contributed by atoms with Gasteiger partial charge in [0, 0.05) is 49.8 Å². The summed E-state index contributed by atoms with van der Waals surface area (Å²) in [6.45, 7) is 9.15. The fourth-order valence-corrected chi connectivity index (χ4v) is 5.84. The second-order valence-electron chi connectivity index (χ2n) is 9.82. The molecule has 0 spiro atoms. The van der Waals surface area contributed by atoms with E-state index in [1.54, 1.807) is 31.3 Å². The highest BCUT2D eigenvalue weighted by molar-refractivity contribution is 7.89. The van der Waals surface area contributed by atoms with Crippen molar-refractivity contribution in [3.63, 3.8) is 0 Å². The van der Waals surface area contributed by atoms with E-state index in [9.17, 15) is 13.5 Å². The summed E-state index contributed by atoms with van der Waals surface area (Å²) < 4.78 is 35.0. The Labute approximate surface area is 210 Å². The topological polar surface area (TPSA) is 83.0 Å². The molecule has 2 heterocycles. The summed E-state index contributed by atoms with van der Waals surface area (Å²) in [4.78, 5) is 6.64. The Hall–Kier alpha value is -2.44. The number of rotatable bonds is 7. The van der Waals surface area contributed by atoms with E-state index < -0.39 is 16.1 Å². The van der Waals surface area contributed by atoms with E-state index in [2.05, 4.69) is 35.6 Å². The molecule has 0 saturated carbocycles. The van der Waals surface area contributed by atoms with Gasteiger partial charge < -0.3 is 9.84 Å². The van der Waals surface area contributed by atoms with Gasteiger partial charge in [0.2, 0.25) is 10.0 Å². The van der Waals surface area contributed by atoms with Crippen molar-refractivity contribution in [1.29, 1.82) is 0 Å². The summed E-state index contributed by atoms with van der Waals surface area (Å²) in [6.07, 6.45) is 2.26. The zero-order valence-electron chi connectivity index (χ0n) is 21.3. The molecule has 1 aromatic carbocycles. The van der Waals surface area contributed by atoms with Crippen molar-refractivity contribution in [2.24, 2.45) is 11.8 Å². The van der Waals surface area contributed by atoms with Crippen molar-refractivity contribution in [2.45, 2.75) is 57.7 Å². The molecule has 0 amide bonds. The van der Waals surface area contributed by atoms with Crippen molar-refractivity contribution < 1.29 is 18.3 Å². The van der Waals surface area contributed by atoms with E-state index in [-0.39, 0.29) is 30.1 Å². The number of hydrogen-bond donors (Lipinski definition) is 1. The SMILES string of the molecule is CC(C)CC#Cc1ccc2c(c1)O[C@@H](CN(C)Cc1ccccn1)[C@H](C)CN([C@H](C)CO)S2(=O)=O. The highest BCUT2D eigenvalue weighted by Crippen LogP contribution is 2.34. The van der Waals surface area contributed by atoms with Gasteiger partial charge in [-0.15, -0.1) is 0 Å². The van der Waals surface area contributed by atoms with Crippen molar-refractivity contribution in [3.05, 3.63) is 53.9 Å². The summed E-state index contributed by atoms with van der Waals surface area (Å²) in [5.41, 5.74) is 1.67. The molecule has 3 rings (SSSR count). The van der Waals surface area contributed by atoms with Crippen molar-refractivity contribution >= 4 is 10.0 Å². The van der Waals surface area contributed by atoms with Gasteiger partial charge in [-0.05, 0) is 50.2 Å². The summed E-state index contributed by atoms with van der Waals surface area (Å²) in [6, 6.07) is 10.3. The number of aliphatic hydroxyl groups is 1. The Morgan fingerprint density at radius 1 is 1.26 bits per heavy atom. The number of pyridine rings is 1. The number of benzene rings is 1. The average molecular weight is 500 g/mol. The molecule has 1 aliphatic rings. The van der Waals surface area contributed by atoms with Crippen LogP contribution in [0.25, 0.3) is 0 Å². The van der Waals surface area contributed by atoms with Gasteiger partial charge in [-0.2, -0.15) is 4.31 Å². The first-order valence-electron chi connectivity index (χ1n) is 12.1. The monoisotopic (exact) mass is 499 g/mol. The lowest BCUT2D eigenvalue weighted by atomic mass is 10.0. The second kappa shape index (κ2) is 12.0. The molecule has 0 radical (unpaired) electrons. The minimum absolute atomic E-state index is 0.108. The molecule has 1 aliphatic heterocycles. The van der Waals surface area contributed by atoms with E-state index >= 15 is 0 Å². The molecular weight excluding hydrogens is 462 g/mol. The third-order valence-electron chi connectivity index (χ3n) is 6.06. The van der Waals surface area contributed by atoms with Crippen LogP contribution in [-0.2, 0) is 16.6 Å². The van der Waals surface area contributed by atoms with Gasteiger partial charge in [0.15, 0.2) is 0 Å².